The van der Waals surface area contributed by atoms with Gasteiger partial charge in [-0.1, -0.05) is 51.3 Å². The Bertz CT molecular complexity index is 336. The van der Waals surface area contributed by atoms with Crippen molar-refractivity contribution in [1.29, 1.82) is 0 Å². The van der Waals surface area contributed by atoms with Gasteiger partial charge in [0.15, 0.2) is 18.3 Å². The molecule has 1 aromatic rings. The van der Waals surface area contributed by atoms with Gasteiger partial charge in [0.1, 0.15) is 0 Å². The smallest absolute Gasteiger partial charge is 0.194 e. The third-order valence-electron chi connectivity index (χ3n) is 3.35. The molecule has 0 aliphatic heterocycles. The molecule has 18 heavy (non-hydrogen) atoms. The fourth-order valence-electron chi connectivity index (χ4n) is 2.15. The van der Waals surface area contributed by atoms with Crippen LogP contribution in [0, 0.1) is 6.92 Å². The zero-order chi connectivity index (χ0) is 13.2. The molecule has 0 N–H and O–H groups in total. The Labute approximate surface area is 117 Å². The minimum atomic E-state index is 1.10. The second-order valence-corrected chi connectivity index (χ2v) is 6.05. The van der Waals surface area contributed by atoms with Crippen LogP contribution in [-0.4, -0.2) is 5.75 Å². The van der Waals surface area contributed by atoms with Gasteiger partial charge in [0.25, 0.3) is 0 Å². The summed E-state index contributed by atoms with van der Waals surface area (Å²) in [5.74, 6) is 2.39. The number of thioether (sulfide) groups is 1. The number of aryl methyl sites for hydroxylation is 2. The second kappa shape index (κ2) is 9.43. The van der Waals surface area contributed by atoms with Crippen molar-refractivity contribution in [3.8, 4) is 0 Å². The minimum absolute atomic E-state index is 1.10. The predicted molar refractivity (Wildman–Crippen MR) is 82.0 cm³/mol. The normalized spacial score (nSPS) is 10.8. The Morgan fingerprint density at radius 2 is 1.89 bits per heavy atom. The van der Waals surface area contributed by atoms with Gasteiger partial charge in [-0.2, -0.15) is 4.57 Å². The van der Waals surface area contributed by atoms with E-state index in [1.54, 1.807) is 0 Å². The van der Waals surface area contributed by atoms with Crippen LogP contribution in [0.2, 0.25) is 0 Å². The van der Waals surface area contributed by atoms with E-state index in [2.05, 4.69) is 43.8 Å². The van der Waals surface area contributed by atoms with Crippen LogP contribution in [0.4, 0.5) is 0 Å². The van der Waals surface area contributed by atoms with Gasteiger partial charge in [0.2, 0.25) is 0 Å². The molecule has 2 heteroatoms. The lowest BCUT2D eigenvalue weighted by atomic mass is 10.1. The van der Waals surface area contributed by atoms with Gasteiger partial charge in [-0.15, -0.1) is 0 Å². The largest absolute Gasteiger partial charge is 0.195 e. The van der Waals surface area contributed by atoms with E-state index in [0.717, 1.165) is 12.3 Å². The van der Waals surface area contributed by atoms with Crippen molar-refractivity contribution in [3.05, 3.63) is 29.6 Å². The van der Waals surface area contributed by atoms with Crippen molar-refractivity contribution in [2.75, 3.05) is 5.75 Å². The first kappa shape index (κ1) is 15.6. The summed E-state index contributed by atoms with van der Waals surface area (Å²) in [6.45, 7) is 6.70. The molecule has 0 aliphatic rings. The summed E-state index contributed by atoms with van der Waals surface area (Å²) in [6.07, 6.45) is 12.6. The summed E-state index contributed by atoms with van der Waals surface area (Å²) in [4.78, 5) is 0. The Kier molecular flexibility index (Phi) is 8.15. The highest BCUT2D eigenvalue weighted by Crippen LogP contribution is 2.09. The molecule has 0 bridgehead atoms. The SMILES string of the molecule is CCCCCCCSC[n+]1ccc(CC)c(C)c1. The highest BCUT2D eigenvalue weighted by Gasteiger charge is 2.04. The van der Waals surface area contributed by atoms with Gasteiger partial charge in [-0.05, 0) is 31.1 Å². The van der Waals surface area contributed by atoms with E-state index in [0.29, 0.717) is 0 Å². The van der Waals surface area contributed by atoms with Gasteiger partial charge in [-0.3, -0.25) is 0 Å². The number of unbranched alkanes of at least 4 members (excludes halogenated alkanes) is 4. The van der Waals surface area contributed by atoms with Crippen molar-refractivity contribution in [1.82, 2.24) is 0 Å². The van der Waals surface area contributed by atoms with Gasteiger partial charge in [-0.25, -0.2) is 0 Å². The molecule has 0 aliphatic carbocycles. The maximum atomic E-state index is 2.31. The molecule has 0 amide bonds. The zero-order valence-electron chi connectivity index (χ0n) is 12.2. The molecule has 0 unspecified atom stereocenters. The van der Waals surface area contributed by atoms with Crippen LogP contribution >= 0.6 is 11.8 Å². The van der Waals surface area contributed by atoms with Crippen LogP contribution in [0.1, 0.15) is 57.1 Å². The van der Waals surface area contributed by atoms with Crippen molar-refractivity contribution in [3.63, 3.8) is 0 Å². The van der Waals surface area contributed by atoms with Gasteiger partial charge in [0, 0.05) is 11.6 Å². The number of aromatic nitrogens is 1. The highest BCUT2D eigenvalue weighted by atomic mass is 32.2. The number of pyridine rings is 1. The fraction of sp³-hybridized carbons (Fsp3) is 0.688. The van der Waals surface area contributed by atoms with E-state index in [4.69, 9.17) is 0 Å². The molecule has 1 rings (SSSR count). The molecule has 0 saturated heterocycles. The summed E-state index contributed by atoms with van der Waals surface area (Å²) in [6, 6.07) is 2.26. The predicted octanol–water partition coefficient (Wildman–Crippen LogP) is 4.51. The summed E-state index contributed by atoms with van der Waals surface area (Å²) in [5.41, 5.74) is 2.89. The molecule has 0 atom stereocenters. The summed E-state index contributed by atoms with van der Waals surface area (Å²) in [7, 11) is 0. The molecule has 0 radical (unpaired) electrons. The molecular formula is C16H28NS+. The van der Waals surface area contributed by atoms with E-state index in [1.807, 2.05) is 11.8 Å². The molecule has 1 aromatic heterocycles. The van der Waals surface area contributed by atoms with Crippen LogP contribution in [-0.2, 0) is 12.3 Å². The average molecular weight is 266 g/mol. The van der Waals surface area contributed by atoms with Crippen LogP contribution in [0.25, 0.3) is 0 Å². The third kappa shape index (κ3) is 5.90. The second-order valence-electron chi connectivity index (χ2n) is 4.97. The Morgan fingerprint density at radius 3 is 2.56 bits per heavy atom. The highest BCUT2D eigenvalue weighted by molar-refractivity contribution is 7.98. The van der Waals surface area contributed by atoms with Crippen molar-refractivity contribution >= 4 is 11.8 Å². The Balaban J connectivity index is 2.17. The number of hydrogen-bond acceptors (Lipinski definition) is 1. The summed E-state index contributed by atoms with van der Waals surface area (Å²) in [5, 5.41) is 0. The van der Waals surface area contributed by atoms with E-state index < -0.39 is 0 Å². The molecule has 102 valence electrons. The maximum absolute atomic E-state index is 2.31. The van der Waals surface area contributed by atoms with E-state index in [1.165, 1.54) is 49.0 Å². The number of rotatable bonds is 9. The first-order chi connectivity index (χ1) is 8.77. The fourth-order valence-corrected chi connectivity index (χ4v) is 3.06. The van der Waals surface area contributed by atoms with Crippen molar-refractivity contribution in [2.45, 2.75) is 65.2 Å². The molecule has 0 spiro atoms. The van der Waals surface area contributed by atoms with E-state index >= 15 is 0 Å². The number of nitrogens with zero attached hydrogens (tertiary/aromatic N) is 1. The average Bonchev–Trinajstić information content (AvgIpc) is 2.38. The lowest BCUT2D eigenvalue weighted by Gasteiger charge is -2.02. The first-order valence-electron chi connectivity index (χ1n) is 7.34. The van der Waals surface area contributed by atoms with Crippen molar-refractivity contribution < 1.29 is 4.57 Å². The summed E-state index contributed by atoms with van der Waals surface area (Å²) >= 11 is 2.05. The quantitative estimate of drug-likeness (QED) is 0.470. The summed E-state index contributed by atoms with van der Waals surface area (Å²) < 4.78 is 2.31. The Hall–Kier alpha value is -0.500. The molecule has 0 aromatic carbocycles. The molecule has 0 saturated carbocycles. The zero-order valence-corrected chi connectivity index (χ0v) is 13.1. The molecule has 0 fully saturated rings. The lowest BCUT2D eigenvalue weighted by molar-refractivity contribution is -0.676. The maximum Gasteiger partial charge on any atom is 0.194 e. The van der Waals surface area contributed by atoms with E-state index in [-0.39, 0.29) is 0 Å². The minimum Gasteiger partial charge on any atom is -0.195 e. The molecular weight excluding hydrogens is 238 g/mol. The third-order valence-corrected chi connectivity index (χ3v) is 4.40. The topological polar surface area (TPSA) is 3.88 Å². The van der Waals surface area contributed by atoms with Crippen LogP contribution in [0.3, 0.4) is 0 Å². The first-order valence-corrected chi connectivity index (χ1v) is 8.49. The lowest BCUT2D eigenvalue weighted by Crippen LogP contribution is -2.32. The standard InChI is InChI=1S/C16H28NS/c1-4-6-7-8-9-12-18-14-17-11-10-16(5-2)15(3)13-17/h10-11,13H,4-9,12,14H2,1-3H3/q+1. The van der Waals surface area contributed by atoms with Crippen LogP contribution in [0.15, 0.2) is 18.5 Å². The van der Waals surface area contributed by atoms with Crippen LogP contribution < -0.4 is 4.57 Å². The van der Waals surface area contributed by atoms with Gasteiger partial charge >= 0.3 is 0 Å². The van der Waals surface area contributed by atoms with Gasteiger partial charge in [0.05, 0.1) is 0 Å². The van der Waals surface area contributed by atoms with Gasteiger partial charge < -0.3 is 0 Å². The van der Waals surface area contributed by atoms with Crippen molar-refractivity contribution in [2.24, 2.45) is 0 Å². The van der Waals surface area contributed by atoms with E-state index in [9.17, 15) is 0 Å². The van der Waals surface area contributed by atoms with Crippen LogP contribution in [0.5, 0.6) is 0 Å². The molecule has 1 heterocycles. The monoisotopic (exact) mass is 266 g/mol. The number of hydrogen-bond donors (Lipinski definition) is 0. The molecule has 1 nitrogen and oxygen atoms in total. The Morgan fingerprint density at radius 1 is 1.11 bits per heavy atom.